The van der Waals surface area contributed by atoms with Gasteiger partial charge in [0.1, 0.15) is 0 Å². The number of aromatic amines is 1. The first-order valence-electron chi connectivity index (χ1n) is 9.66. The number of imidazole rings is 1. The van der Waals surface area contributed by atoms with Crippen LogP contribution >= 0.6 is 0 Å². The van der Waals surface area contributed by atoms with Gasteiger partial charge >= 0.3 is 6.18 Å². The molecule has 0 spiro atoms. The SMILES string of the molecule is CC(O)(c1ccc(Nc2nc(-c3ccc4cn[nH]c4c3)cn3ccnc23)cc1)C(F)(F)F. The van der Waals surface area contributed by atoms with Crippen molar-refractivity contribution in [1.29, 1.82) is 0 Å². The van der Waals surface area contributed by atoms with E-state index in [-0.39, 0.29) is 5.56 Å². The van der Waals surface area contributed by atoms with Crippen LogP contribution in [0.25, 0.3) is 27.8 Å². The molecule has 0 amide bonds. The third kappa shape index (κ3) is 3.34. The Kier molecular flexibility index (Phi) is 4.41. The van der Waals surface area contributed by atoms with Crippen LogP contribution in [0.2, 0.25) is 0 Å². The predicted octanol–water partition coefficient (Wildman–Crippen LogP) is 4.79. The van der Waals surface area contributed by atoms with E-state index >= 15 is 0 Å². The van der Waals surface area contributed by atoms with Crippen LogP contribution in [0.3, 0.4) is 0 Å². The van der Waals surface area contributed by atoms with Gasteiger partial charge in [0.15, 0.2) is 17.1 Å². The van der Waals surface area contributed by atoms with Crippen LogP contribution < -0.4 is 5.32 Å². The molecule has 0 radical (unpaired) electrons. The first-order valence-corrected chi connectivity index (χ1v) is 9.66. The summed E-state index contributed by atoms with van der Waals surface area (Å²) in [5.41, 5.74) is 0.273. The number of anilines is 2. The maximum absolute atomic E-state index is 13.1. The molecule has 2 aromatic carbocycles. The van der Waals surface area contributed by atoms with Gasteiger partial charge in [0.05, 0.1) is 17.4 Å². The smallest absolute Gasteiger partial charge is 0.376 e. The monoisotopic (exact) mass is 438 g/mol. The van der Waals surface area contributed by atoms with Crippen LogP contribution in [0.1, 0.15) is 12.5 Å². The Morgan fingerprint density at radius 1 is 1.09 bits per heavy atom. The molecule has 0 aliphatic heterocycles. The summed E-state index contributed by atoms with van der Waals surface area (Å²) in [6, 6.07) is 11.2. The third-order valence-electron chi connectivity index (χ3n) is 5.37. The second-order valence-corrected chi connectivity index (χ2v) is 7.58. The zero-order valence-corrected chi connectivity index (χ0v) is 16.7. The Labute approximate surface area is 179 Å². The van der Waals surface area contributed by atoms with Crippen molar-refractivity contribution in [3.63, 3.8) is 0 Å². The van der Waals surface area contributed by atoms with Gasteiger partial charge in [-0.05, 0) is 30.7 Å². The molecule has 32 heavy (non-hydrogen) atoms. The van der Waals surface area contributed by atoms with Crippen molar-refractivity contribution >= 4 is 28.1 Å². The maximum atomic E-state index is 13.1. The summed E-state index contributed by atoms with van der Waals surface area (Å²) in [5, 5.41) is 20.9. The lowest BCUT2D eigenvalue weighted by Gasteiger charge is -2.26. The van der Waals surface area contributed by atoms with Gasteiger partial charge < -0.3 is 14.8 Å². The average molecular weight is 438 g/mol. The predicted molar refractivity (Wildman–Crippen MR) is 113 cm³/mol. The maximum Gasteiger partial charge on any atom is 0.421 e. The van der Waals surface area contributed by atoms with Crippen molar-refractivity contribution in [2.45, 2.75) is 18.7 Å². The number of aromatic nitrogens is 5. The first-order chi connectivity index (χ1) is 15.2. The third-order valence-corrected chi connectivity index (χ3v) is 5.37. The number of hydrogen-bond donors (Lipinski definition) is 3. The summed E-state index contributed by atoms with van der Waals surface area (Å²) in [6.07, 6.45) is 2.21. The van der Waals surface area contributed by atoms with Crippen molar-refractivity contribution in [3.05, 3.63) is 72.8 Å². The molecule has 162 valence electrons. The van der Waals surface area contributed by atoms with Gasteiger partial charge in [-0.15, -0.1) is 0 Å². The molecular weight excluding hydrogens is 421 g/mol. The fraction of sp³-hybridized carbons (Fsp3) is 0.136. The molecule has 0 bridgehead atoms. The molecule has 1 unspecified atom stereocenters. The Hall–Kier alpha value is -3.92. The molecule has 0 saturated heterocycles. The molecule has 3 N–H and O–H groups in total. The van der Waals surface area contributed by atoms with Gasteiger partial charge in [-0.25, -0.2) is 9.97 Å². The van der Waals surface area contributed by atoms with Crippen molar-refractivity contribution in [1.82, 2.24) is 24.6 Å². The highest BCUT2D eigenvalue weighted by atomic mass is 19.4. The van der Waals surface area contributed by atoms with Gasteiger partial charge in [0.2, 0.25) is 0 Å². The highest BCUT2D eigenvalue weighted by Gasteiger charge is 2.51. The standard InChI is InChI=1S/C22H17F3N6O/c1-21(32,22(23,24)25)15-4-6-16(7-5-15)28-19-20-26-8-9-31(20)12-18(29-19)13-2-3-14-11-27-30-17(14)10-13/h2-12,32H,1H3,(H,27,30)(H,28,29). The van der Waals surface area contributed by atoms with Crippen LogP contribution in [0.4, 0.5) is 24.7 Å². The highest BCUT2D eigenvalue weighted by molar-refractivity contribution is 5.84. The van der Waals surface area contributed by atoms with Crippen molar-refractivity contribution in [3.8, 4) is 11.3 Å². The number of benzene rings is 2. The summed E-state index contributed by atoms with van der Waals surface area (Å²) >= 11 is 0. The molecule has 0 aliphatic rings. The van der Waals surface area contributed by atoms with Gasteiger partial charge in [0.25, 0.3) is 0 Å². The normalized spacial score (nSPS) is 14.0. The van der Waals surface area contributed by atoms with Crippen molar-refractivity contribution < 1.29 is 18.3 Å². The van der Waals surface area contributed by atoms with E-state index in [9.17, 15) is 18.3 Å². The number of nitrogens with zero attached hydrogens (tertiary/aromatic N) is 4. The minimum absolute atomic E-state index is 0.254. The van der Waals surface area contributed by atoms with E-state index < -0.39 is 11.8 Å². The summed E-state index contributed by atoms with van der Waals surface area (Å²) in [5.74, 6) is 0.438. The van der Waals surface area contributed by atoms with E-state index in [1.165, 1.54) is 24.3 Å². The van der Waals surface area contributed by atoms with Crippen LogP contribution in [-0.2, 0) is 5.60 Å². The summed E-state index contributed by atoms with van der Waals surface area (Å²) < 4.78 is 41.1. The molecule has 0 fully saturated rings. The fourth-order valence-electron chi connectivity index (χ4n) is 3.43. The molecule has 3 heterocycles. The Morgan fingerprint density at radius 2 is 1.88 bits per heavy atom. The van der Waals surface area contributed by atoms with Crippen LogP contribution in [0.15, 0.2) is 67.3 Å². The van der Waals surface area contributed by atoms with E-state index in [1.807, 2.05) is 28.8 Å². The lowest BCUT2D eigenvalue weighted by Crippen LogP contribution is -2.39. The Balaban J connectivity index is 1.51. The quantitative estimate of drug-likeness (QED) is 0.376. The topological polar surface area (TPSA) is 91.1 Å². The Bertz CT molecular complexity index is 1420. The highest BCUT2D eigenvalue weighted by Crippen LogP contribution is 2.39. The molecule has 5 rings (SSSR count). The number of hydrogen-bond acceptors (Lipinski definition) is 5. The zero-order valence-electron chi connectivity index (χ0n) is 16.7. The summed E-state index contributed by atoms with van der Waals surface area (Å²) in [4.78, 5) is 9.00. The molecule has 7 nitrogen and oxygen atoms in total. The largest absolute Gasteiger partial charge is 0.421 e. The lowest BCUT2D eigenvalue weighted by molar-refractivity contribution is -0.258. The molecule has 0 saturated carbocycles. The number of fused-ring (bicyclic) bond motifs is 2. The molecule has 5 aromatic rings. The molecule has 1 atom stereocenters. The van der Waals surface area contributed by atoms with Crippen LogP contribution in [-0.4, -0.2) is 35.8 Å². The van der Waals surface area contributed by atoms with Gasteiger partial charge in [-0.3, -0.25) is 5.10 Å². The van der Waals surface area contributed by atoms with E-state index in [4.69, 9.17) is 0 Å². The minimum Gasteiger partial charge on any atom is -0.376 e. The van der Waals surface area contributed by atoms with E-state index in [0.29, 0.717) is 22.8 Å². The Morgan fingerprint density at radius 3 is 2.62 bits per heavy atom. The van der Waals surface area contributed by atoms with Gasteiger partial charge in [-0.2, -0.15) is 18.3 Å². The summed E-state index contributed by atoms with van der Waals surface area (Å²) in [6.45, 7) is 0.727. The number of nitrogens with one attached hydrogen (secondary N) is 2. The number of H-pyrrole nitrogens is 1. The van der Waals surface area contributed by atoms with E-state index in [1.54, 1.807) is 18.6 Å². The number of halogens is 3. The molecule has 0 aliphatic carbocycles. The van der Waals surface area contributed by atoms with Crippen molar-refractivity contribution in [2.75, 3.05) is 5.32 Å². The van der Waals surface area contributed by atoms with Crippen molar-refractivity contribution in [2.24, 2.45) is 0 Å². The summed E-state index contributed by atoms with van der Waals surface area (Å²) in [7, 11) is 0. The van der Waals surface area contributed by atoms with Gasteiger partial charge in [0, 0.05) is 35.2 Å². The zero-order chi connectivity index (χ0) is 22.5. The van der Waals surface area contributed by atoms with Crippen LogP contribution in [0.5, 0.6) is 0 Å². The fourth-order valence-corrected chi connectivity index (χ4v) is 3.43. The first kappa shape index (κ1) is 20.0. The molecular formula is C22H17F3N6O. The average Bonchev–Trinajstić information content (AvgIpc) is 3.42. The number of rotatable bonds is 4. The second kappa shape index (κ2) is 7.06. The molecule has 10 heteroatoms. The lowest BCUT2D eigenvalue weighted by atomic mass is 9.95. The number of alkyl halides is 3. The van der Waals surface area contributed by atoms with E-state index in [0.717, 1.165) is 23.4 Å². The van der Waals surface area contributed by atoms with Gasteiger partial charge in [-0.1, -0.05) is 24.3 Å². The van der Waals surface area contributed by atoms with E-state index in [2.05, 4.69) is 25.5 Å². The minimum atomic E-state index is -4.78. The number of aliphatic hydroxyl groups is 1. The van der Waals surface area contributed by atoms with Crippen LogP contribution in [0, 0.1) is 0 Å². The molecule has 3 aromatic heterocycles. The second-order valence-electron chi connectivity index (χ2n) is 7.58.